The maximum absolute atomic E-state index is 13.2. The summed E-state index contributed by atoms with van der Waals surface area (Å²) in [6, 6.07) is 2.40. The van der Waals surface area contributed by atoms with Crippen molar-refractivity contribution >= 4 is 23.0 Å². The van der Waals surface area contributed by atoms with Gasteiger partial charge in [-0.1, -0.05) is 0 Å². The van der Waals surface area contributed by atoms with Gasteiger partial charge in [0, 0.05) is 25.9 Å². The van der Waals surface area contributed by atoms with Gasteiger partial charge in [-0.05, 0) is 12.1 Å². The zero-order chi connectivity index (χ0) is 16.5. The van der Waals surface area contributed by atoms with Crippen molar-refractivity contribution in [2.45, 2.75) is 18.8 Å². The number of carbonyl (C=O) groups is 1. The minimum Gasteiger partial charge on any atom is -0.465 e. The van der Waals surface area contributed by atoms with E-state index >= 15 is 0 Å². The topological polar surface area (TPSA) is 98.7 Å². The number of nitrogen functional groups attached to an aromatic ring is 1. The van der Waals surface area contributed by atoms with Gasteiger partial charge in [-0.15, -0.1) is 0 Å². The third-order valence-corrected chi connectivity index (χ3v) is 3.56. The second kappa shape index (κ2) is 5.74. The number of hydrogen-bond acceptors (Lipinski definition) is 6. The van der Waals surface area contributed by atoms with E-state index in [-0.39, 0.29) is 30.0 Å². The molecule has 9 heteroatoms. The lowest BCUT2D eigenvalue weighted by molar-refractivity contribution is -0.383. The number of benzene rings is 1. The first-order chi connectivity index (χ1) is 10.2. The zero-order valence-electron chi connectivity index (χ0n) is 11.8. The number of ether oxygens (including phenoxy) is 1. The number of halogens is 2. The van der Waals surface area contributed by atoms with Crippen molar-refractivity contribution < 1.29 is 23.2 Å². The molecule has 1 aromatic carbocycles. The molecule has 0 saturated carbocycles. The van der Waals surface area contributed by atoms with Gasteiger partial charge in [0.15, 0.2) is 0 Å². The Bertz CT molecular complexity index is 612. The lowest BCUT2D eigenvalue weighted by Crippen LogP contribution is -2.39. The molecule has 7 nitrogen and oxygen atoms in total. The quantitative estimate of drug-likeness (QED) is 0.397. The first-order valence-corrected chi connectivity index (χ1v) is 6.54. The van der Waals surface area contributed by atoms with Crippen LogP contribution in [-0.4, -0.2) is 37.0 Å². The van der Waals surface area contributed by atoms with E-state index in [2.05, 4.69) is 4.74 Å². The van der Waals surface area contributed by atoms with E-state index in [1.807, 2.05) is 0 Å². The third kappa shape index (κ3) is 3.07. The number of nitro benzene ring substituents is 1. The van der Waals surface area contributed by atoms with Crippen LogP contribution in [0.15, 0.2) is 12.1 Å². The monoisotopic (exact) mass is 315 g/mol. The number of nitrogens with two attached hydrogens (primary N) is 1. The molecule has 1 heterocycles. The predicted molar refractivity (Wildman–Crippen MR) is 75.2 cm³/mol. The molecule has 1 fully saturated rings. The molecule has 0 unspecified atom stereocenters. The van der Waals surface area contributed by atoms with Crippen molar-refractivity contribution in [3.05, 3.63) is 27.8 Å². The Morgan fingerprint density at radius 1 is 1.41 bits per heavy atom. The van der Waals surface area contributed by atoms with Gasteiger partial charge in [0.2, 0.25) is 0 Å². The van der Waals surface area contributed by atoms with E-state index in [0.29, 0.717) is 0 Å². The molecule has 0 radical (unpaired) electrons. The Balaban J connectivity index is 2.45. The average molecular weight is 315 g/mol. The zero-order valence-corrected chi connectivity index (χ0v) is 11.8. The van der Waals surface area contributed by atoms with Crippen LogP contribution in [0.4, 0.5) is 25.8 Å². The lowest BCUT2D eigenvalue weighted by Gasteiger charge is -2.33. The van der Waals surface area contributed by atoms with E-state index in [1.165, 1.54) is 18.1 Å². The SMILES string of the molecule is COC(=O)c1cc(N)c([N+](=O)[O-])c(N2CCC(F)(F)CC2)c1. The molecule has 0 atom stereocenters. The van der Waals surface area contributed by atoms with Crippen molar-refractivity contribution in [3.63, 3.8) is 0 Å². The fraction of sp³-hybridized carbons (Fsp3) is 0.462. The summed E-state index contributed by atoms with van der Waals surface area (Å²) in [7, 11) is 1.17. The molecular weight excluding hydrogens is 300 g/mol. The molecule has 1 aliphatic rings. The van der Waals surface area contributed by atoms with Crippen LogP contribution in [0.1, 0.15) is 23.2 Å². The Labute approximate surface area is 124 Å². The highest BCUT2D eigenvalue weighted by atomic mass is 19.3. The molecule has 2 N–H and O–H groups in total. The number of esters is 1. The average Bonchev–Trinajstić information content (AvgIpc) is 2.45. The highest BCUT2D eigenvalue weighted by Crippen LogP contribution is 2.38. The summed E-state index contributed by atoms with van der Waals surface area (Å²) >= 11 is 0. The fourth-order valence-corrected chi connectivity index (χ4v) is 2.39. The Morgan fingerprint density at radius 3 is 2.50 bits per heavy atom. The molecule has 0 amide bonds. The molecular formula is C13H15F2N3O4. The molecule has 1 aromatic rings. The number of piperidine rings is 1. The number of carbonyl (C=O) groups excluding carboxylic acids is 1. The highest BCUT2D eigenvalue weighted by molar-refractivity contribution is 5.94. The van der Waals surface area contributed by atoms with Crippen molar-refractivity contribution in [2.75, 3.05) is 30.8 Å². The molecule has 1 aliphatic heterocycles. The predicted octanol–water partition coefficient (Wildman–Crippen LogP) is 2.20. The number of methoxy groups -OCH3 is 1. The lowest BCUT2D eigenvalue weighted by atomic mass is 10.0. The van der Waals surface area contributed by atoms with E-state index in [9.17, 15) is 23.7 Å². The summed E-state index contributed by atoms with van der Waals surface area (Å²) in [4.78, 5) is 23.6. The van der Waals surface area contributed by atoms with Crippen LogP contribution in [0.3, 0.4) is 0 Å². The highest BCUT2D eigenvalue weighted by Gasteiger charge is 2.36. The van der Waals surface area contributed by atoms with Crippen LogP contribution >= 0.6 is 0 Å². The van der Waals surface area contributed by atoms with Gasteiger partial charge in [0.1, 0.15) is 11.4 Å². The van der Waals surface area contributed by atoms with Crippen LogP contribution in [0.25, 0.3) is 0 Å². The fourth-order valence-electron chi connectivity index (χ4n) is 2.39. The van der Waals surface area contributed by atoms with Crippen LogP contribution in [0, 0.1) is 10.1 Å². The summed E-state index contributed by atoms with van der Waals surface area (Å²) in [5.74, 6) is -3.48. The van der Waals surface area contributed by atoms with Gasteiger partial charge in [0.25, 0.3) is 5.92 Å². The maximum atomic E-state index is 13.2. The van der Waals surface area contributed by atoms with E-state index in [0.717, 1.165) is 6.07 Å². The van der Waals surface area contributed by atoms with Crippen LogP contribution in [-0.2, 0) is 4.74 Å². The first-order valence-electron chi connectivity index (χ1n) is 6.54. The Morgan fingerprint density at radius 2 is 2.00 bits per heavy atom. The summed E-state index contributed by atoms with van der Waals surface area (Å²) in [6.45, 7) is -0.115. The van der Waals surface area contributed by atoms with E-state index < -0.39 is 35.3 Å². The molecule has 120 valence electrons. The van der Waals surface area contributed by atoms with Crippen LogP contribution < -0.4 is 10.6 Å². The van der Waals surface area contributed by atoms with Crippen molar-refractivity contribution in [1.82, 2.24) is 0 Å². The summed E-state index contributed by atoms with van der Waals surface area (Å²) in [5, 5.41) is 11.2. The minimum atomic E-state index is -2.78. The summed E-state index contributed by atoms with van der Waals surface area (Å²) in [5.41, 5.74) is 5.15. The normalized spacial score (nSPS) is 17.1. The Kier molecular flexibility index (Phi) is 4.16. The number of nitrogens with zero attached hydrogens (tertiary/aromatic N) is 2. The van der Waals surface area contributed by atoms with Crippen LogP contribution in [0.5, 0.6) is 0 Å². The van der Waals surface area contributed by atoms with Gasteiger partial charge in [0.05, 0.1) is 17.6 Å². The molecule has 0 spiro atoms. The van der Waals surface area contributed by atoms with Gasteiger partial charge in [-0.25, -0.2) is 13.6 Å². The molecule has 0 aliphatic carbocycles. The Hall–Kier alpha value is -2.45. The number of nitro groups is 1. The standard InChI is InChI=1S/C13H15F2N3O4/c1-22-12(19)8-6-9(16)11(18(20)21)10(7-8)17-4-2-13(14,15)3-5-17/h6-7H,2-5,16H2,1H3. The third-order valence-electron chi connectivity index (χ3n) is 3.56. The van der Waals surface area contributed by atoms with E-state index in [4.69, 9.17) is 5.73 Å². The van der Waals surface area contributed by atoms with Gasteiger partial charge in [-0.2, -0.15) is 0 Å². The van der Waals surface area contributed by atoms with E-state index in [1.54, 1.807) is 0 Å². The molecule has 0 bridgehead atoms. The molecule has 1 saturated heterocycles. The summed E-state index contributed by atoms with van der Waals surface area (Å²) in [6.07, 6.45) is -0.820. The first kappa shape index (κ1) is 15.9. The van der Waals surface area contributed by atoms with Crippen molar-refractivity contribution in [2.24, 2.45) is 0 Å². The smallest absolute Gasteiger partial charge is 0.338 e. The molecule has 0 aromatic heterocycles. The minimum absolute atomic E-state index is 0.0398. The second-order valence-corrected chi connectivity index (χ2v) is 5.02. The number of alkyl halides is 2. The van der Waals surface area contributed by atoms with Gasteiger partial charge in [-0.3, -0.25) is 10.1 Å². The number of rotatable bonds is 3. The van der Waals surface area contributed by atoms with Crippen molar-refractivity contribution in [3.8, 4) is 0 Å². The number of anilines is 2. The summed E-state index contributed by atoms with van der Waals surface area (Å²) < 4.78 is 31.0. The number of hydrogen-bond donors (Lipinski definition) is 1. The largest absolute Gasteiger partial charge is 0.465 e. The molecule has 22 heavy (non-hydrogen) atoms. The van der Waals surface area contributed by atoms with Crippen molar-refractivity contribution in [1.29, 1.82) is 0 Å². The van der Waals surface area contributed by atoms with Gasteiger partial charge < -0.3 is 15.4 Å². The second-order valence-electron chi connectivity index (χ2n) is 5.02. The maximum Gasteiger partial charge on any atom is 0.338 e. The van der Waals surface area contributed by atoms with Crippen LogP contribution in [0.2, 0.25) is 0 Å². The molecule has 2 rings (SSSR count). The van der Waals surface area contributed by atoms with Gasteiger partial charge >= 0.3 is 11.7 Å².